The SMILES string of the molecule is O=C(CN1CCN(C(=O)CNC(=O)C2c3ccccc3C(=O)N2C2CC2)CC1)NC1CC1. The number of carbonyl (C=O) groups is 4. The van der Waals surface area contributed by atoms with Gasteiger partial charge in [0.05, 0.1) is 13.1 Å². The van der Waals surface area contributed by atoms with Gasteiger partial charge in [-0.3, -0.25) is 24.1 Å². The highest BCUT2D eigenvalue weighted by Gasteiger charge is 2.47. The number of nitrogens with one attached hydrogen (secondary N) is 2. The van der Waals surface area contributed by atoms with Gasteiger partial charge in [0.2, 0.25) is 17.7 Å². The van der Waals surface area contributed by atoms with Crippen molar-refractivity contribution >= 4 is 23.6 Å². The molecule has 2 aliphatic carbocycles. The summed E-state index contributed by atoms with van der Waals surface area (Å²) in [4.78, 5) is 55.9. The lowest BCUT2D eigenvalue weighted by Crippen LogP contribution is -2.53. The van der Waals surface area contributed by atoms with Gasteiger partial charge in [-0.2, -0.15) is 0 Å². The van der Waals surface area contributed by atoms with E-state index in [0.717, 1.165) is 25.7 Å². The van der Waals surface area contributed by atoms with Crippen LogP contribution in [-0.2, 0) is 14.4 Å². The van der Waals surface area contributed by atoms with Gasteiger partial charge in [0, 0.05) is 43.8 Å². The summed E-state index contributed by atoms with van der Waals surface area (Å²) in [6.07, 6.45) is 3.95. The molecule has 9 heteroatoms. The second-order valence-corrected chi connectivity index (χ2v) is 9.15. The number of carbonyl (C=O) groups excluding carboxylic acids is 4. The van der Waals surface area contributed by atoms with Crippen LogP contribution in [0, 0.1) is 0 Å². The first-order chi connectivity index (χ1) is 15.5. The molecule has 4 aliphatic rings. The van der Waals surface area contributed by atoms with Crippen LogP contribution in [0.25, 0.3) is 0 Å². The van der Waals surface area contributed by atoms with E-state index in [1.54, 1.807) is 21.9 Å². The summed E-state index contributed by atoms with van der Waals surface area (Å²) in [7, 11) is 0. The molecule has 2 saturated carbocycles. The lowest BCUT2D eigenvalue weighted by molar-refractivity contribution is -0.135. The van der Waals surface area contributed by atoms with Gasteiger partial charge in [0.15, 0.2) is 0 Å². The van der Waals surface area contributed by atoms with Crippen molar-refractivity contribution in [1.29, 1.82) is 0 Å². The number of benzene rings is 1. The van der Waals surface area contributed by atoms with Crippen LogP contribution in [-0.4, -0.2) is 89.7 Å². The first-order valence-corrected chi connectivity index (χ1v) is 11.5. The summed E-state index contributed by atoms with van der Waals surface area (Å²) in [6, 6.07) is 7.01. The van der Waals surface area contributed by atoms with E-state index in [-0.39, 0.29) is 36.2 Å². The van der Waals surface area contributed by atoms with E-state index in [1.807, 2.05) is 12.1 Å². The number of amides is 4. The van der Waals surface area contributed by atoms with Gasteiger partial charge in [0.1, 0.15) is 6.04 Å². The highest BCUT2D eigenvalue weighted by atomic mass is 16.2. The van der Waals surface area contributed by atoms with Gasteiger partial charge >= 0.3 is 0 Å². The first kappa shape index (κ1) is 20.9. The zero-order chi connectivity index (χ0) is 22.2. The predicted octanol–water partition coefficient (Wildman–Crippen LogP) is -0.115. The van der Waals surface area contributed by atoms with Crippen molar-refractivity contribution in [3.63, 3.8) is 0 Å². The van der Waals surface area contributed by atoms with Crippen LogP contribution in [0.1, 0.15) is 47.6 Å². The summed E-state index contributed by atoms with van der Waals surface area (Å²) < 4.78 is 0. The normalized spacial score (nSPS) is 23.1. The Labute approximate surface area is 187 Å². The fraction of sp³-hybridized carbons (Fsp3) is 0.565. The number of hydrogen-bond donors (Lipinski definition) is 2. The van der Waals surface area contributed by atoms with Crippen LogP contribution < -0.4 is 10.6 Å². The van der Waals surface area contributed by atoms with Crippen molar-refractivity contribution < 1.29 is 19.2 Å². The minimum absolute atomic E-state index is 0.0474. The van der Waals surface area contributed by atoms with Crippen LogP contribution in [0.5, 0.6) is 0 Å². The third-order valence-electron chi connectivity index (χ3n) is 6.64. The van der Waals surface area contributed by atoms with Gasteiger partial charge in [-0.25, -0.2) is 0 Å². The molecule has 170 valence electrons. The van der Waals surface area contributed by atoms with Gasteiger partial charge in [-0.15, -0.1) is 0 Å². The molecule has 9 nitrogen and oxygen atoms in total. The maximum Gasteiger partial charge on any atom is 0.255 e. The summed E-state index contributed by atoms with van der Waals surface area (Å²) in [6.45, 7) is 2.61. The average Bonchev–Trinajstić information content (AvgIpc) is 3.72. The molecule has 32 heavy (non-hydrogen) atoms. The quantitative estimate of drug-likeness (QED) is 0.617. The smallest absolute Gasteiger partial charge is 0.255 e. The van der Waals surface area contributed by atoms with Crippen molar-refractivity contribution in [2.75, 3.05) is 39.3 Å². The molecule has 1 unspecified atom stereocenters. The Kier molecular flexibility index (Phi) is 5.58. The van der Waals surface area contributed by atoms with Gasteiger partial charge in [-0.1, -0.05) is 18.2 Å². The molecule has 0 radical (unpaired) electrons. The molecule has 2 aliphatic heterocycles. The molecule has 1 atom stereocenters. The van der Waals surface area contributed by atoms with Crippen molar-refractivity contribution in [2.24, 2.45) is 0 Å². The standard InChI is InChI=1S/C23H29N5O4/c29-19(25-15-5-6-15)14-26-9-11-27(12-10-26)20(30)13-24-22(31)21-17-3-1-2-4-18(17)23(32)28(21)16-7-8-16/h1-4,15-16,21H,5-14H2,(H,24,31)(H,25,29). The van der Waals surface area contributed by atoms with E-state index in [4.69, 9.17) is 0 Å². The van der Waals surface area contributed by atoms with Crippen molar-refractivity contribution in [2.45, 2.75) is 43.8 Å². The number of piperazine rings is 1. The summed E-state index contributed by atoms with van der Waals surface area (Å²) in [5.74, 6) is -0.502. The van der Waals surface area contributed by atoms with Crippen molar-refractivity contribution in [1.82, 2.24) is 25.3 Å². The maximum atomic E-state index is 13.0. The largest absolute Gasteiger partial charge is 0.352 e. The molecule has 0 spiro atoms. The van der Waals surface area contributed by atoms with Crippen LogP contribution in [0.15, 0.2) is 24.3 Å². The highest BCUT2D eigenvalue weighted by molar-refractivity contribution is 6.05. The third-order valence-corrected chi connectivity index (χ3v) is 6.64. The highest BCUT2D eigenvalue weighted by Crippen LogP contribution is 2.41. The Morgan fingerprint density at radius 3 is 2.38 bits per heavy atom. The predicted molar refractivity (Wildman–Crippen MR) is 116 cm³/mol. The molecule has 3 fully saturated rings. The number of nitrogens with zero attached hydrogens (tertiary/aromatic N) is 3. The first-order valence-electron chi connectivity index (χ1n) is 11.5. The van der Waals surface area contributed by atoms with Crippen LogP contribution >= 0.6 is 0 Å². The van der Waals surface area contributed by atoms with E-state index < -0.39 is 6.04 Å². The topological polar surface area (TPSA) is 102 Å². The molecule has 2 N–H and O–H groups in total. The van der Waals surface area contributed by atoms with Gasteiger partial charge in [0.25, 0.3) is 5.91 Å². The molecule has 1 aromatic carbocycles. The minimum atomic E-state index is -0.666. The molecule has 4 amide bonds. The fourth-order valence-corrected chi connectivity index (χ4v) is 4.56. The second-order valence-electron chi connectivity index (χ2n) is 9.15. The fourth-order valence-electron chi connectivity index (χ4n) is 4.56. The average molecular weight is 440 g/mol. The molecular weight excluding hydrogens is 410 g/mol. The van der Waals surface area contributed by atoms with E-state index in [0.29, 0.717) is 49.9 Å². The van der Waals surface area contributed by atoms with Gasteiger partial charge < -0.3 is 20.4 Å². The molecule has 2 heterocycles. The molecule has 0 bridgehead atoms. The monoisotopic (exact) mass is 439 g/mol. The second kappa shape index (κ2) is 8.54. The van der Waals surface area contributed by atoms with E-state index in [1.165, 1.54) is 0 Å². The lowest BCUT2D eigenvalue weighted by Gasteiger charge is -2.34. The Hall–Kier alpha value is -2.94. The molecule has 1 aromatic rings. The molecule has 1 saturated heterocycles. The number of hydrogen-bond acceptors (Lipinski definition) is 5. The Balaban J connectivity index is 1.12. The summed E-state index contributed by atoms with van der Waals surface area (Å²) in [5, 5.41) is 5.75. The maximum absolute atomic E-state index is 13.0. The molecule has 5 rings (SSSR count). The number of fused-ring (bicyclic) bond motifs is 1. The van der Waals surface area contributed by atoms with Crippen LogP contribution in [0.2, 0.25) is 0 Å². The van der Waals surface area contributed by atoms with E-state index in [2.05, 4.69) is 15.5 Å². The van der Waals surface area contributed by atoms with Crippen molar-refractivity contribution in [3.05, 3.63) is 35.4 Å². The zero-order valence-corrected chi connectivity index (χ0v) is 18.1. The van der Waals surface area contributed by atoms with Crippen LogP contribution in [0.4, 0.5) is 0 Å². The summed E-state index contributed by atoms with van der Waals surface area (Å²) >= 11 is 0. The third kappa shape index (κ3) is 4.34. The molecule has 0 aromatic heterocycles. The van der Waals surface area contributed by atoms with Gasteiger partial charge in [-0.05, 0) is 37.3 Å². The lowest BCUT2D eigenvalue weighted by atomic mass is 10.0. The molecular formula is C23H29N5O4. The van der Waals surface area contributed by atoms with Crippen LogP contribution in [0.3, 0.4) is 0 Å². The Morgan fingerprint density at radius 1 is 0.969 bits per heavy atom. The van der Waals surface area contributed by atoms with E-state index in [9.17, 15) is 19.2 Å². The van der Waals surface area contributed by atoms with E-state index >= 15 is 0 Å². The summed E-state index contributed by atoms with van der Waals surface area (Å²) in [5.41, 5.74) is 1.29. The minimum Gasteiger partial charge on any atom is -0.352 e. The number of rotatable bonds is 7. The zero-order valence-electron chi connectivity index (χ0n) is 18.1. The van der Waals surface area contributed by atoms with Crippen molar-refractivity contribution in [3.8, 4) is 0 Å². The Morgan fingerprint density at radius 2 is 1.69 bits per heavy atom. The Bertz CT molecular complexity index is 934.